The van der Waals surface area contributed by atoms with Crippen molar-refractivity contribution in [1.29, 1.82) is 0 Å². The van der Waals surface area contributed by atoms with Crippen LogP contribution in [-0.2, 0) is 0 Å². The van der Waals surface area contributed by atoms with Crippen LogP contribution < -0.4 is 11.1 Å². The fourth-order valence-corrected chi connectivity index (χ4v) is 2.59. The summed E-state index contributed by atoms with van der Waals surface area (Å²) in [6.45, 7) is 6.31. The number of primary amides is 1. The zero-order chi connectivity index (χ0) is 13.5. The van der Waals surface area contributed by atoms with Gasteiger partial charge in [0.15, 0.2) is 0 Å². The molecule has 0 bridgehead atoms. The third-order valence-corrected chi connectivity index (χ3v) is 4.02. The van der Waals surface area contributed by atoms with Crippen molar-refractivity contribution in [2.24, 2.45) is 11.7 Å². The van der Waals surface area contributed by atoms with Crippen LogP contribution in [0.2, 0.25) is 0 Å². The highest BCUT2D eigenvalue weighted by Crippen LogP contribution is 2.14. The van der Waals surface area contributed by atoms with Crippen LogP contribution in [0, 0.1) is 5.92 Å². The van der Waals surface area contributed by atoms with Crippen molar-refractivity contribution in [3.8, 4) is 0 Å². The Morgan fingerprint density at radius 1 is 1.39 bits per heavy atom. The van der Waals surface area contributed by atoms with Gasteiger partial charge >= 0.3 is 6.03 Å². The summed E-state index contributed by atoms with van der Waals surface area (Å²) in [5.74, 6) is 0.378. The molecule has 1 heterocycles. The van der Waals surface area contributed by atoms with E-state index in [0.717, 1.165) is 25.7 Å². The lowest BCUT2D eigenvalue weighted by Crippen LogP contribution is -2.48. The number of aliphatic hydroxyl groups excluding tert-OH is 1. The van der Waals surface area contributed by atoms with E-state index in [0.29, 0.717) is 31.6 Å². The number of nitrogens with zero attached hydrogens (tertiary/aromatic N) is 1. The first kappa shape index (κ1) is 15.2. The summed E-state index contributed by atoms with van der Waals surface area (Å²) in [7, 11) is 0. The fourth-order valence-electron chi connectivity index (χ4n) is 2.59. The van der Waals surface area contributed by atoms with Crippen molar-refractivity contribution in [3.05, 3.63) is 0 Å². The van der Waals surface area contributed by atoms with Gasteiger partial charge in [0.05, 0.1) is 6.10 Å². The number of rotatable bonds is 6. The molecule has 2 amide bonds. The number of amides is 2. The second-order valence-electron chi connectivity index (χ2n) is 5.15. The highest BCUT2D eigenvalue weighted by Gasteiger charge is 2.22. The first-order chi connectivity index (χ1) is 8.58. The largest absolute Gasteiger partial charge is 0.392 e. The molecular formula is C13H27N3O2. The van der Waals surface area contributed by atoms with Crippen LogP contribution in [0.5, 0.6) is 0 Å². The van der Waals surface area contributed by atoms with E-state index in [1.807, 2.05) is 0 Å². The van der Waals surface area contributed by atoms with Crippen molar-refractivity contribution in [2.45, 2.75) is 51.7 Å². The normalized spacial score (nSPS) is 19.2. The molecule has 0 saturated carbocycles. The predicted molar refractivity (Wildman–Crippen MR) is 72.3 cm³/mol. The number of hydrogen-bond donors (Lipinski definition) is 3. The van der Waals surface area contributed by atoms with Crippen LogP contribution in [0.25, 0.3) is 0 Å². The van der Waals surface area contributed by atoms with Crippen molar-refractivity contribution in [3.63, 3.8) is 0 Å². The van der Waals surface area contributed by atoms with Crippen molar-refractivity contribution < 1.29 is 9.90 Å². The average molecular weight is 257 g/mol. The topological polar surface area (TPSA) is 78.6 Å². The summed E-state index contributed by atoms with van der Waals surface area (Å²) in [6, 6.07) is 0.0649. The molecule has 106 valence electrons. The van der Waals surface area contributed by atoms with E-state index in [9.17, 15) is 9.90 Å². The Bertz CT molecular complexity index is 249. The first-order valence-corrected chi connectivity index (χ1v) is 7.04. The lowest BCUT2D eigenvalue weighted by Gasteiger charge is -2.32. The van der Waals surface area contributed by atoms with Crippen molar-refractivity contribution in [2.75, 3.05) is 19.6 Å². The lowest BCUT2D eigenvalue weighted by atomic mass is 9.96. The Morgan fingerprint density at radius 3 is 2.39 bits per heavy atom. The second kappa shape index (κ2) is 7.59. The number of piperidine rings is 1. The van der Waals surface area contributed by atoms with Crippen LogP contribution in [0.3, 0.4) is 0 Å². The van der Waals surface area contributed by atoms with Crippen LogP contribution in [-0.4, -0.2) is 47.8 Å². The van der Waals surface area contributed by atoms with E-state index in [4.69, 9.17) is 5.73 Å². The summed E-state index contributed by atoms with van der Waals surface area (Å²) in [5, 5.41) is 13.4. The SMILES string of the molecule is CCC(CC)C(O)CNC1CCN(C(N)=O)CC1. The molecule has 1 unspecified atom stereocenters. The highest BCUT2D eigenvalue weighted by atomic mass is 16.3. The Balaban J connectivity index is 2.23. The van der Waals surface area contributed by atoms with Crippen molar-refractivity contribution >= 4 is 6.03 Å². The Hall–Kier alpha value is -0.810. The zero-order valence-electron chi connectivity index (χ0n) is 11.6. The van der Waals surface area contributed by atoms with Gasteiger partial charge in [0.2, 0.25) is 0 Å². The highest BCUT2D eigenvalue weighted by molar-refractivity contribution is 5.72. The van der Waals surface area contributed by atoms with Crippen LogP contribution in [0.15, 0.2) is 0 Å². The molecular weight excluding hydrogens is 230 g/mol. The minimum absolute atomic E-state index is 0.269. The number of carbonyl (C=O) groups is 1. The third-order valence-electron chi connectivity index (χ3n) is 4.02. The van der Waals surface area contributed by atoms with Gasteiger partial charge < -0.3 is 21.1 Å². The van der Waals surface area contributed by atoms with E-state index in [-0.39, 0.29) is 12.1 Å². The van der Waals surface area contributed by atoms with Gasteiger partial charge in [-0.3, -0.25) is 0 Å². The number of aliphatic hydroxyl groups is 1. The van der Waals surface area contributed by atoms with Crippen LogP contribution >= 0.6 is 0 Å². The molecule has 4 N–H and O–H groups in total. The number of carbonyl (C=O) groups excluding carboxylic acids is 1. The first-order valence-electron chi connectivity index (χ1n) is 7.04. The zero-order valence-corrected chi connectivity index (χ0v) is 11.6. The van der Waals surface area contributed by atoms with E-state index >= 15 is 0 Å². The molecule has 1 saturated heterocycles. The Labute approximate surface area is 110 Å². The maximum Gasteiger partial charge on any atom is 0.314 e. The maximum atomic E-state index is 11.0. The second-order valence-corrected chi connectivity index (χ2v) is 5.15. The van der Waals surface area contributed by atoms with Gasteiger partial charge in [-0.05, 0) is 18.8 Å². The summed E-state index contributed by atoms with van der Waals surface area (Å²) in [5.41, 5.74) is 5.24. The molecule has 0 aliphatic carbocycles. The average Bonchev–Trinajstić information content (AvgIpc) is 2.38. The molecule has 5 heteroatoms. The van der Waals surface area contributed by atoms with Crippen LogP contribution in [0.1, 0.15) is 39.5 Å². The summed E-state index contributed by atoms with van der Waals surface area (Å²) < 4.78 is 0. The smallest absolute Gasteiger partial charge is 0.314 e. The fraction of sp³-hybridized carbons (Fsp3) is 0.923. The number of likely N-dealkylation sites (tertiary alicyclic amines) is 1. The van der Waals surface area contributed by atoms with E-state index < -0.39 is 0 Å². The van der Waals surface area contributed by atoms with Crippen LogP contribution in [0.4, 0.5) is 4.79 Å². The van der Waals surface area contributed by atoms with Crippen molar-refractivity contribution in [1.82, 2.24) is 10.2 Å². The van der Waals surface area contributed by atoms with E-state index in [1.165, 1.54) is 0 Å². The van der Waals surface area contributed by atoms with Gasteiger partial charge in [-0.2, -0.15) is 0 Å². The quantitative estimate of drug-likeness (QED) is 0.662. The minimum atomic E-state index is -0.328. The molecule has 1 aliphatic rings. The van der Waals surface area contributed by atoms with Gasteiger partial charge in [-0.25, -0.2) is 4.79 Å². The molecule has 1 atom stereocenters. The van der Waals surface area contributed by atoms with Gasteiger partial charge in [0, 0.05) is 25.7 Å². The van der Waals surface area contributed by atoms with E-state index in [1.54, 1.807) is 4.90 Å². The number of urea groups is 1. The van der Waals surface area contributed by atoms with Gasteiger partial charge in [0.1, 0.15) is 0 Å². The Kier molecular flexibility index (Phi) is 6.43. The number of nitrogens with two attached hydrogens (primary N) is 1. The summed E-state index contributed by atoms with van der Waals surface area (Å²) >= 11 is 0. The minimum Gasteiger partial charge on any atom is -0.392 e. The van der Waals surface area contributed by atoms with Gasteiger partial charge in [-0.15, -0.1) is 0 Å². The molecule has 0 radical (unpaired) electrons. The molecule has 1 aliphatic heterocycles. The van der Waals surface area contributed by atoms with Gasteiger partial charge in [-0.1, -0.05) is 26.7 Å². The van der Waals surface area contributed by atoms with E-state index in [2.05, 4.69) is 19.2 Å². The molecule has 0 spiro atoms. The molecule has 5 nitrogen and oxygen atoms in total. The summed E-state index contributed by atoms with van der Waals surface area (Å²) in [4.78, 5) is 12.7. The summed E-state index contributed by atoms with van der Waals surface area (Å²) in [6.07, 6.45) is 3.59. The molecule has 0 aromatic rings. The molecule has 1 fully saturated rings. The van der Waals surface area contributed by atoms with Gasteiger partial charge in [0.25, 0.3) is 0 Å². The molecule has 1 rings (SSSR count). The molecule has 0 aromatic heterocycles. The number of hydrogen-bond acceptors (Lipinski definition) is 3. The molecule has 18 heavy (non-hydrogen) atoms. The third kappa shape index (κ3) is 4.46. The molecule has 0 aromatic carbocycles. The predicted octanol–water partition coefficient (Wildman–Crippen LogP) is 0.916. The standard InChI is InChI=1S/C13H27N3O2/c1-3-10(4-2)12(17)9-15-11-5-7-16(8-6-11)13(14)18/h10-12,15,17H,3-9H2,1-2H3,(H2,14,18). The number of nitrogens with one attached hydrogen (secondary N) is 1. The monoisotopic (exact) mass is 257 g/mol. The lowest BCUT2D eigenvalue weighted by molar-refractivity contribution is 0.0942. The Morgan fingerprint density at radius 2 is 1.94 bits per heavy atom. The maximum absolute atomic E-state index is 11.0.